The Hall–Kier alpha value is -1.20. The van der Waals surface area contributed by atoms with Crippen molar-refractivity contribution in [2.45, 2.75) is 18.8 Å². The molecular weight excluding hydrogens is 208 g/mol. The van der Waals surface area contributed by atoms with Crippen molar-refractivity contribution in [1.82, 2.24) is 0 Å². The van der Waals surface area contributed by atoms with Gasteiger partial charge in [-0.1, -0.05) is 24.6 Å². The van der Waals surface area contributed by atoms with Gasteiger partial charge in [0, 0.05) is 36.1 Å². The largest absolute Gasteiger partial charge is 0.373 e. The Morgan fingerprint density at radius 1 is 1.60 bits per heavy atom. The van der Waals surface area contributed by atoms with E-state index in [0.717, 1.165) is 17.3 Å². The third-order valence-corrected chi connectivity index (χ3v) is 3.31. The van der Waals surface area contributed by atoms with Crippen molar-refractivity contribution in [3.8, 4) is 6.07 Å². The number of rotatable bonds is 1. The Bertz CT molecular complexity index is 436. The Kier molecular flexibility index (Phi) is 2.36. The number of likely N-dealkylation sites (N-methyl/N-ethyl adjacent to an activating group) is 1. The molecule has 1 aromatic rings. The first-order valence-electron chi connectivity index (χ1n) is 4.95. The fraction of sp³-hybridized carbons (Fsp3) is 0.417. The van der Waals surface area contributed by atoms with Crippen molar-refractivity contribution in [1.29, 1.82) is 5.26 Å². The monoisotopic (exact) mass is 220 g/mol. The van der Waals surface area contributed by atoms with Gasteiger partial charge in [0.15, 0.2) is 0 Å². The van der Waals surface area contributed by atoms with E-state index >= 15 is 0 Å². The van der Waals surface area contributed by atoms with E-state index in [1.54, 1.807) is 0 Å². The summed E-state index contributed by atoms with van der Waals surface area (Å²) in [5.41, 5.74) is 2.33. The van der Waals surface area contributed by atoms with Gasteiger partial charge >= 0.3 is 0 Å². The van der Waals surface area contributed by atoms with Crippen LogP contribution in [0.25, 0.3) is 0 Å². The molecule has 2 nitrogen and oxygen atoms in total. The fourth-order valence-corrected chi connectivity index (χ4v) is 2.52. The van der Waals surface area contributed by atoms with Gasteiger partial charge in [-0.3, -0.25) is 0 Å². The molecule has 2 rings (SSSR count). The zero-order valence-corrected chi connectivity index (χ0v) is 9.67. The van der Waals surface area contributed by atoms with Crippen LogP contribution >= 0.6 is 11.6 Å². The minimum atomic E-state index is -0.0522. The molecule has 0 amide bonds. The van der Waals surface area contributed by atoms with Gasteiger partial charge in [-0.2, -0.15) is 5.26 Å². The van der Waals surface area contributed by atoms with Crippen molar-refractivity contribution < 1.29 is 0 Å². The third kappa shape index (κ3) is 1.57. The van der Waals surface area contributed by atoms with Crippen LogP contribution in [0.2, 0.25) is 5.02 Å². The fourth-order valence-electron chi connectivity index (χ4n) is 2.35. The van der Waals surface area contributed by atoms with Crippen LogP contribution in [-0.2, 0) is 5.41 Å². The quantitative estimate of drug-likeness (QED) is 0.728. The van der Waals surface area contributed by atoms with Crippen LogP contribution in [0.1, 0.15) is 18.9 Å². The second-order valence-corrected chi connectivity index (χ2v) is 4.85. The summed E-state index contributed by atoms with van der Waals surface area (Å²) in [7, 11) is 2.04. The van der Waals surface area contributed by atoms with Crippen molar-refractivity contribution in [2.75, 3.05) is 18.5 Å². The predicted molar refractivity (Wildman–Crippen MR) is 62.3 cm³/mol. The van der Waals surface area contributed by atoms with Crippen LogP contribution < -0.4 is 4.90 Å². The number of nitriles is 1. The lowest BCUT2D eigenvalue weighted by Gasteiger charge is -2.21. The highest BCUT2D eigenvalue weighted by Crippen LogP contribution is 2.42. The summed E-state index contributed by atoms with van der Waals surface area (Å²) in [5, 5.41) is 9.62. The van der Waals surface area contributed by atoms with E-state index in [-0.39, 0.29) is 5.41 Å². The van der Waals surface area contributed by atoms with Crippen molar-refractivity contribution in [3.63, 3.8) is 0 Å². The molecule has 0 saturated carbocycles. The summed E-state index contributed by atoms with van der Waals surface area (Å²) >= 11 is 5.97. The molecule has 78 valence electrons. The first-order chi connectivity index (χ1) is 7.07. The smallest absolute Gasteiger partial charge is 0.0631 e. The Morgan fingerprint density at radius 3 is 3.00 bits per heavy atom. The average Bonchev–Trinajstić information content (AvgIpc) is 2.39. The second kappa shape index (κ2) is 3.43. The molecule has 0 radical (unpaired) electrons. The number of halogens is 1. The van der Waals surface area contributed by atoms with E-state index in [1.165, 1.54) is 5.56 Å². The molecule has 0 fully saturated rings. The van der Waals surface area contributed by atoms with Crippen LogP contribution in [0.3, 0.4) is 0 Å². The van der Waals surface area contributed by atoms with Gasteiger partial charge in [0.05, 0.1) is 6.07 Å². The van der Waals surface area contributed by atoms with E-state index in [9.17, 15) is 0 Å². The summed E-state index contributed by atoms with van der Waals surface area (Å²) in [6, 6.07) is 8.18. The molecule has 0 aliphatic carbocycles. The van der Waals surface area contributed by atoms with Crippen LogP contribution in [-0.4, -0.2) is 13.6 Å². The lowest BCUT2D eigenvalue weighted by atomic mass is 9.82. The zero-order chi connectivity index (χ0) is 11.1. The highest BCUT2D eigenvalue weighted by Gasteiger charge is 2.37. The maximum absolute atomic E-state index is 8.86. The Balaban J connectivity index is 2.52. The molecule has 1 aromatic carbocycles. The minimum Gasteiger partial charge on any atom is -0.373 e. The molecular formula is C12H13ClN2. The molecule has 1 atom stereocenters. The maximum Gasteiger partial charge on any atom is 0.0631 e. The van der Waals surface area contributed by atoms with Crippen LogP contribution in [0.15, 0.2) is 18.2 Å². The highest BCUT2D eigenvalue weighted by atomic mass is 35.5. The molecule has 0 N–H and O–H groups in total. The second-order valence-electron chi connectivity index (χ2n) is 4.41. The molecule has 0 saturated heterocycles. The normalized spacial score (nSPS) is 23.7. The predicted octanol–water partition coefficient (Wildman–Crippen LogP) is 2.96. The molecule has 0 bridgehead atoms. The highest BCUT2D eigenvalue weighted by molar-refractivity contribution is 6.30. The van der Waals surface area contributed by atoms with Crippen molar-refractivity contribution >= 4 is 17.3 Å². The lowest BCUT2D eigenvalue weighted by molar-refractivity contribution is 0.518. The van der Waals surface area contributed by atoms with Crippen LogP contribution in [0.5, 0.6) is 0 Å². The van der Waals surface area contributed by atoms with Gasteiger partial charge in [-0.05, 0) is 17.7 Å². The van der Waals surface area contributed by atoms with Gasteiger partial charge in [0.25, 0.3) is 0 Å². The van der Waals surface area contributed by atoms with Gasteiger partial charge < -0.3 is 4.90 Å². The molecule has 15 heavy (non-hydrogen) atoms. The van der Waals surface area contributed by atoms with E-state index in [4.69, 9.17) is 16.9 Å². The van der Waals surface area contributed by atoms with Crippen molar-refractivity contribution in [3.05, 3.63) is 28.8 Å². The maximum atomic E-state index is 8.86. The van der Waals surface area contributed by atoms with E-state index in [1.807, 2.05) is 25.2 Å². The number of fused-ring (bicyclic) bond motifs is 1. The molecule has 0 unspecified atom stereocenters. The number of nitrogens with zero attached hydrogens (tertiary/aromatic N) is 2. The van der Waals surface area contributed by atoms with E-state index in [2.05, 4.69) is 17.9 Å². The van der Waals surface area contributed by atoms with Crippen molar-refractivity contribution in [2.24, 2.45) is 0 Å². The van der Waals surface area contributed by atoms with E-state index < -0.39 is 0 Å². The number of benzene rings is 1. The summed E-state index contributed by atoms with van der Waals surface area (Å²) in [5.74, 6) is 0. The van der Waals surface area contributed by atoms with Crippen LogP contribution in [0, 0.1) is 11.3 Å². The molecule has 3 heteroatoms. The zero-order valence-electron chi connectivity index (χ0n) is 8.92. The molecule has 1 aliphatic heterocycles. The van der Waals surface area contributed by atoms with Gasteiger partial charge in [0.2, 0.25) is 0 Å². The summed E-state index contributed by atoms with van der Waals surface area (Å²) in [6.07, 6.45) is 0.548. The minimum absolute atomic E-state index is 0.0522. The third-order valence-electron chi connectivity index (χ3n) is 3.08. The molecule has 1 heterocycles. The molecule has 0 aromatic heterocycles. The van der Waals surface area contributed by atoms with Crippen LogP contribution in [0.4, 0.5) is 5.69 Å². The molecule has 1 aliphatic rings. The number of hydrogen-bond donors (Lipinski definition) is 0. The summed E-state index contributed by atoms with van der Waals surface area (Å²) in [6.45, 7) is 3.02. The number of hydrogen-bond acceptors (Lipinski definition) is 2. The molecule has 0 spiro atoms. The number of anilines is 1. The Labute approximate surface area is 95.1 Å². The van der Waals surface area contributed by atoms with Gasteiger partial charge in [-0.15, -0.1) is 0 Å². The topological polar surface area (TPSA) is 27.0 Å². The van der Waals surface area contributed by atoms with E-state index in [0.29, 0.717) is 6.42 Å². The summed E-state index contributed by atoms with van der Waals surface area (Å²) < 4.78 is 0. The SMILES string of the molecule is CN1C[C@](C)(CC#N)c2ccc(Cl)cc21. The first kappa shape index (κ1) is 10.3. The summed E-state index contributed by atoms with van der Waals surface area (Å²) in [4.78, 5) is 2.17. The van der Waals surface area contributed by atoms with Gasteiger partial charge in [-0.25, -0.2) is 0 Å². The lowest BCUT2D eigenvalue weighted by Crippen LogP contribution is -2.28. The first-order valence-corrected chi connectivity index (χ1v) is 5.33. The average molecular weight is 221 g/mol. The standard InChI is InChI=1S/C12H13ClN2/c1-12(5-6-14)8-15(2)11-7-9(13)3-4-10(11)12/h3-4,7H,5,8H2,1-2H3/t12-/m0/s1. The Morgan fingerprint density at radius 2 is 2.33 bits per heavy atom. The van der Waals surface area contributed by atoms with Gasteiger partial charge in [0.1, 0.15) is 0 Å².